The molecule has 0 bridgehead atoms. The fourth-order valence-electron chi connectivity index (χ4n) is 15.8. The van der Waals surface area contributed by atoms with E-state index in [4.69, 9.17) is 49.8 Å². The molecule has 0 aliphatic carbocycles. The first-order chi connectivity index (χ1) is 54.5. The maximum absolute atomic E-state index is 5.34. The standard InChI is InChI=1S/C49H29N7.C47H29N7/c1-3-13-32-27-34(23-21-30(32)11-1)45-52-46(35-24-22-31-12-2-4-14-33(31)28-35)54-47(53-45)36-25-26-43-39(29-36)37-15-6-9-19-42(37)55(43)49-51-40-17-7-5-16-38(40)48-50-41-18-8-10-20-44(41)56(48)49;1-3-14-30(15-4-1)43-50-44(31-16-5-2-6-17-31)52-45(51-43)34-19-13-18-32(28-34)33-26-27-41-37(29-33)35-20-8-11-24-40(35)53(41)47-49-38-22-9-7-21-36(38)46-48-39-23-10-12-25-42(39)54(46)47/h1-29H;1-29H. The van der Waals surface area contributed by atoms with Crippen molar-refractivity contribution >= 4 is 120 Å². The number of fused-ring (bicyclic) bond motifs is 18. The van der Waals surface area contributed by atoms with E-state index in [1.807, 2.05) is 97.1 Å². The molecule has 0 spiro atoms. The average Bonchev–Trinajstić information content (AvgIpc) is 1.56. The van der Waals surface area contributed by atoms with Gasteiger partial charge in [-0.2, -0.15) is 0 Å². The summed E-state index contributed by atoms with van der Waals surface area (Å²) >= 11 is 0. The number of rotatable bonds is 9. The predicted molar refractivity (Wildman–Crippen MR) is 445 cm³/mol. The molecule has 0 radical (unpaired) electrons. The summed E-state index contributed by atoms with van der Waals surface area (Å²) in [4.78, 5) is 51.2. The van der Waals surface area contributed by atoms with Crippen molar-refractivity contribution in [3.63, 3.8) is 0 Å². The average molecular weight is 1410 g/mol. The Morgan fingerprint density at radius 3 is 0.945 bits per heavy atom. The zero-order chi connectivity index (χ0) is 72.3. The van der Waals surface area contributed by atoms with Gasteiger partial charge in [-0.3, -0.25) is 17.9 Å². The van der Waals surface area contributed by atoms with Crippen LogP contribution in [0.3, 0.4) is 0 Å². The second-order valence-electron chi connectivity index (χ2n) is 27.6. The Balaban J connectivity index is 0.000000136. The van der Waals surface area contributed by atoms with E-state index in [0.717, 1.165) is 166 Å². The van der Waals surface area contributed by atoms with Gasteiger partial charge in [0.1, 0.15) is 11.3 Å². The molecule has 0 aliphatic rings. The Morgan fingerprint density at radius 1 is 0.164 bits per heavy atom. The van der Waals surface area contributed by atoms with Crippen LogP contribution >= 0.6 is 0 Å². The van der Waals surface area contributed by atoms with Crippen LogP contribution in [0.4, 0.5) is 0 Å². The van der Waals surface area contributed by atoms with E-state index >= 15 is 0 Å². The van der Waals surface area contributed by atoms with Crippen LogP contribution in [-0.4, -0.2) is 67.8 Å². The maximum atomic E-state index is 5.34. The van der Waals surface area contributed by atoms with E-state index in [9.17, 15) is 0 Å². The highest BCUT2D eigenvalue weighted by Gasteiger charge is 2.25. The lowest BCUT2D eigenvalue weighted by molar-refractivity contribution is 0.979. The van der Waals surface area contributed by atoms with Gasteiger partial charge in [0.2, 0.25) is 11.9 Å². The van der Waals surface area contributed by atoms with Crippen molar-refractivity contribution in [2.45, 2.75) is 0 Å². The lowest BCUT2D eigenvalue weighted by Gasteiger charge is -2.13. The minimum Gasteiger partial charge on any atom is -0.279 e. The van der Waals surface area contributed by atoms with E-state index in [1.54, 1.807) is 0 Å². The molecule has 15 aromatic carbocycles. The predicted octanol–water partition coefficient (Wildman–Crippen LogP) is 22.6. The van der Waals surface area contributed by atoms with Crippen molar-refractivity contribution in [3.8, 4) is 91.4 Å². The molecule has 110 heavy (non-hydrogen) atoms. The summed E-state index contributed by atoms with van der Waals surface area (Å²) in [7, 11) is 0. The Hall–Kier alpha value is -15.3. The van der Waals surface area contributed by atoms with Gasteiger partial charge in [0.25, 0.3) is 0 Å². The molecule has 0 fully saturated rings. The monoisotopic (exact) mass is 1410 g/mol. The summed E-state index contributed by atoms with van der Waals surface area (Å²) in [5.74, 6) is 5.35. The lowest BCUT2D eigenvalue weighted by Crippen LogP contribution is -2.06. The summed E-state index contributed by atoms with van der Waals surface area (Å²) in [6.45, 7) is 0. The first-order valence-corrected chi connectivity index (χ1v) is 36.6. The summed E-state index contributed by atoms with van der Waals surface area (Å²) in [5.41, 5.74) is 19.4. The molecule has 0 aliphatic heterocycles. The Bertz CT molecular complexity index is 7530. The van der Waals surface area contributed by atoms with Crippen molar-refractivity contribution in [2.24, 2.45) is 0 Å². The van der Waals surface area contributed by atoms with Crippen molar-refractivity contribution in [1.29, 1.82) is 0 Å². The van der Waals surface area contributed by atoms with E-state index in [-0.39, 0.29) is 0 Å². The molecule has 23 rings (SSSR count). The van der Waals surface area contributed by atoms with Crippen molar-refractivity contribution < 1.29 is 0 Å². The van der Waals surface area contributed by atoms with Gasteiger partial charge in [-0.15, -0.1) is 0 Å². The third kappa shape index (κ3) is 10.3. The molecule has 512 valence electrons. The summed E-state index contributed by atoms with van der Waals surface area (Å²) in [6, 6.07) is 121. The van der Waals surface area contributed by atoms with E-state index in [0.29, 0.717) is 34.9 Å². The molecule has 0 N–H and O–H groups in total. The Labute approximate surface area is 627 Å². The van der Waals surface area contributed by atoms with Crippen LogP contribution in [0.2, 0.25) is 0 Å². The molecule has 23 aromatic rings. The SMILES string of the molecule is c1ccc(-c2nc(-c3ccccc3)nc(-c3cccc(-c4ccc5c(c4)c4ccccc4n5-c4nc5ccccc5c5nc6ccccc6n45)c3)n2)cc1.c1ccc2cc(-c3nc(-c4ccc5ccccc5c4)nc(-c4ccc5c(c4)c4ccccc4n5-c4nc5ccccc5c5nc6ccccc6n45)n3)ccc2c1. The topological polar surface area (TPSA) is 148 Å². The molecule has 0 unspecified atom stereocenters. The highest BCUT2D eigenvalue weighted by Crippen LogP contribution is 2.41. The summed E-state index contributed by atoms with van der Waals surface area (Å²) in [5, 5.41) is 11.1. The van der Waals surface area contributed by atoms with E-state index in [2.05, 4.69) is 273 Å². The molecule has 0 saturated heterocycles. The zero-order valence-corrected chi connectivity index (χ0v) is 58.7. The van der Waals surface area contributed by atoms with Gasteiger partial charge in [-0.1, -0.05) is 243 Å². The third-order valence-corrected chi connectivity index (χ3v) is 21.1. The largest absolute Gasteiger partial charge is 0.279 e. The summed E-state index contributed by atoms with van der Waals surface area (Å²) < 4.78 is 8.92. The van der Waals surface area contributed by atoms with Crippen molar-refractivity contribution in [3.05, 3.63) is 352 Å². The molecule has 14 heteroatoms. The fraction of sp³-hybridized carbons (Fsp3) is 0. The van der Waals surface area contributed by atoms with Crippen LogP contribution in [0, 0.1) is 0 Å². The zero-order valence-electron chi connectivity index (χ0n) is 58.7. The van der Waals surface area contributed by atoms with Crippen LogP contribution in [0.1, 0.15) is 0 Å². The molecule has 0 atom stereocenters. The fourth-order valence-corrected chi connectivity index (χ4v) is 15.8. The molecular formula is C96H58N14. The van der Waals surface area contributed by atoms with Crippen LogP contribution < -0.4 is 0 Å². The summed E-state index contributed by atoms with van der Waals surface area (Å²) in [6.07, 6.45) is 0. The maximum Gasteiger partial charge on any atom is 0.221 e. The number of nitrogens with zero attached hydrogens (tertiary/aromatic N) is 14. The van der Waals surface area contributed by atoms with Gasteiger partial charge >= 0.3 is 0 Å². The molecule has 0 amide bonds. The second-order valence-corrected chi connectivity index (χ2v) is 27.6. The Morgan fingerprint density at radius 2 is 0.473 bits per heavy atom. The molecule has 8 aromatic heterocycles. The van der Waals surface area contributed by atoms with E-state index in [1.165, 1.54) is 10.8 Å². The number of para-hydroxylation sites is 8. The normalized spacial score (nSPS) is 11.8. The van der Waals surface area contributed by atoms with Crippen LogP contribution in [0.15, 0.2) is 352 Å². The van der Waals surface area contributed by atoms with Gasteiger partial charge in [0.15, 0.2) is 34.9 Å². The minimum absolute atomic E-state index is 0.608. The van der Waals surface area contributed by atoms with Gasteiger partial charge in [0.05, 0.1) is 55.2 Å². The molecule has 14 nitrogen and oxygen atoms in total. The quantitative estimate of drug-likeness (QED) is 0.137. The number of hydrogen-bond donors (Lipinski definition) is 0. The number of benzene rings is 15. The second kappa shape index (κ2) is 25.2. The molecule has 8 heterocycles. The highest BCUT2D eigenvalue weighted by atomic mass is 15.2. The number of hydrogen-bond acceptors (Lipinski definition) is 10. The Kier molecular flexibility index (Phi) is 14.2. The van der Waals surface area contributed by atoms with Crippen LogP contribution in [0.5, 0.6) is 0 Å². The minimum atomic E-state index is 0.608. The number of aromatic nitrogens is 14. The smallest absolute Gasteiger partial charge is 0.221 e. The number of imidazole rings is 2. The van der Waals surface area contributed by atoms with Crippen molar-refractivity contribution in [1.82, 2.24) is 67.8 Å². The first kappa shape index (κ1) is 62.1. The van der Waals surface area contributed by atoms with Gasteiger partial charge in [0, 0.05) is 65.7 Å². The van der Waals surface area contributed by atoms with Gasteiger partial charge in [-0.05, 0) is 142 Å². The van der Waals surface area contributed by atoms with Gasteiger partial charge < -0.3 is 0 Å². The molecule has 0 saturated carbocycles. The van der Waals surface area contributed by atoms with Crippen LogP contribution in [-0.2, 0) is 0 Å². The van der Waals surface area contributed by atoms with Crippen LogP contribution in [0.25, 0.3) is 212 Å². The molecular weight excluding hydrogens is 1350 g/mol. The first-order valence-electron chi connectivity index (χ1n) is 36.6. The van der Waals surface area contributed by atoms with E-state index < -0.39 is 0 Å². The lowest BCUT2D eigenvalue weighted by atomic mass is 10.0. The highest BCUT2D eigenvalue weighted by molar-refractivity contribution is 6.12. The third-order valence-electron chi connectivity index (χ3n) is 21.1. The van der Waals surface area contributed by atoms with Crippen molar-refractivity contribution in [2.75, 3.05) is 0 Å². The van der Waals surface area contributed by atoms with Gasteiger partial charge in [-0.25, -0.2) is 49.8 Å².